The molecule has 7 heteroatoms. The summed E-state index contributed by atoms with van der Waals surface area (Å²) >= 11 is 6.63. The molecule has 3 atom stereocenters. The second-order valence-electron chi connectivity index (χ2n) is 7.33. The van der Waals surface area contributed by atoms with Crippen LogP contribution in [0.4, 0.5) is 4.39 Å². The Labute approximate surface area is 185 Å². The van der Waals surface area contributed by atoms with E-state index in [1.165, 1.54) is 12.1 Å². The molecular weight excluding hydrogens is 505 g/mol. The van der Waals surface area contributed by atoms with Gasteiger partial charge >= 0.3 is 5.97 Å². The van der Waals surface area contributed by atoms with Crippen molar-refractivity contribution in [2.24, 2.45) is 17.3 Å². The maximum Gasteiger partial charge on any atom is 0.311 e. The van der Waals surface area contributed by atoms with Crippen LogP contribution in [0.2, 0.25) is 0 Å². The lowest BCUT2D eigenvalue weighted by atomic mass is 10.1. The van der Waals surface area contributed by atoms with E-state index in [2.05, 4.69) is 31.9 Å². The summed E-state index contributed by atoms with van der Waals surface area (Å²) < 4.78 is 25.6. The third-order valence-electron chi connectivity index (χ3n) is 5.05. The van der Waals surface area contributed by atoms with Gasteiger partial charge in [0.1, 0.15) is 11.8 Å². The molecule has 2 aromatic rings. The highest BCUT2D eigenvalue weighted by Crippen LogP contribution is 2.60. The molecule has 0 bridgehead atoms. The second kappa shape index (κ2) is 8.68. The molecule has 3 rings (SSSR count). The van der Waals surface area contributed by atoms with Gasteiger partial charge in [-0.15, -0.1) is 0 Å². The molecule has 0 saturated heterocycles. The number of hydrogen-bond acceptors (Lipinski definition) is 4. The summed E-state index contributed by atoms with van der Waals surface area (Å²) in [6.45, 7) is 3.96. The molecular formula is C22H18Br2FNO3. The molecule has 0 N–H and O–H groups in total. The molecule has 0 heterocycles. The van der Waals surface area contributed by atoms with Crippen molar-refractivity contribution in [1.82, 2.24) is 0 Å². The normalized spacial score (nSPS) is 20.1. The van der Waals surface area contributed by atoms with Gasteiger partial charge in [0, 0.05) is 5.56 Å². The first-order chi connectivity index (χ1) is 13.7. The summed E-state index contributed by atoms with van der Waals surface area (Å²) in [5.41, 5.74) is 0.210. The van der Waals surface area contributed by atoms with E-state index in [0.29, 0.717) is 11.3 Å². The number of carbonyl (C=O) groups is 1. The molecule has 0 spiro atoms. The molecule has 0 aliphatic heterocycles. The summed E-state index contributed by atoms with van der Waals surface area (Å²) in [5, 5.41) is 9.54. The Kier molecular flexibility index (Phi) is 6.45. The fraction of sp³-hybridized carbons (Fsp3) is 0.273. The highest BCUT2D eigenvalue weighted by molar-refractivity contribution is 9.28. The molecule has 150 valence electrons. The van der Waals surface area contributed by atoms with Gasteiger partial charge in [0.15, 0.2) is 11.6 Å². The van der Waals surface area contributed by atoms with Crippen LogP contribution < -0.4 is 4.74 Å². The van der Waals surface area contributed by atoms with Gasteiger partial charge in [-0.25, -0.2) is 4.39 Å². The molecule has 1 fully saturated rings. The van der Waals surface area contributed by atoms with Crippen LogP contribution in [0.25, 0.3) is 0 Å². The predicted molar refractivity (Wildman–Crippen MR) is 114 cm³/mol. The van der Waals surface area contributed by atoms with Gasteiger partial charge in [-0.05, 0) is 67.5 Å². The number of allylic oxidation sites excluding steroid dienone is 1. The minimum Gasteiger partial charge on any atom is -0.454 e. The number of esters is 1. The highest BCUT2D eigenvalue weighted by Gasteiger charge is 2.61. The molecule has 1 unspecified atom stereocenters. The lowest BCUT2D eigenvalue weighted by molar-refractivity contribution is -0.149. The van der Waals surface area contributed by atoms with Gasteiger partial charge in [0.25, 0.3) is 0 Å². The molecule has 4 nitrogen and oxygen atoms in total. The summed E-state index contributed by atoms with van der Waals surface area (Å²) in [7, 11) is 0. The van der Waals surface area contributed by atoms with E-state index in [1.807, 2.05) is 26.0 Å². The van der Waals surface area contributed by atoms with Crippen molar-refractivity contribution in [3.05, 3.63) is 69.4 Å². The summed E-state index contributed by atoms with van der Waals surface area (Å²) in [6.07, 6.45) is 0.830. The number of benzene rings is 2. The third-order valence-corrected chi connectivity index (χ3v) is 5.58. The Bertz CT molecular complexity index is 996. The van der Waals surface area contributed by atoms with E-state index in [4.69, 9.17) is 9.47 Å². The Morgan fingerprint density at radius 3 is 2.62 bits per heavy atom. The maximum absolute atomic E-state index is 13.8. The molecule has 0 radical (unpaired) electrons. The van der Waals surface area contributed by atoms with Crippen LogP contribution in [-0.2, 0) is 9.53 Å². The SMILES string of the molecule is CC1(C)[C@H](C(=O)OC(C#N)c2cccc(Oc3ccccc3F)c2)[C@@H]1C=C(Br)Br. The minimum absolute atomic E-state index is 0.0128. The fourth-order valence-corrected chi connectivity index (χ4v) is 3.90. The number of halogens is 3. The van der Waals surface area contributed by atoms with E-state index in [-0.39, 0.29) is 23.0 Å². The van der Waals surface area contributed by atoms with Crippen molar-refractivity contribution < 1.29 is 18.7 Å². The Hall–Kier alpha value is -2.17. The van der Waals surface area contributed by atoms with Crippen LogP contribution in [0, 0.1) is 34.4 Å². The average Bonchev–Trinajstić information content (AvgIpc) is 3.21. The van der Waals surface area contributed by atoms with Crippen LogP contribution in [0.5, 0.6) is 11.5 Å². The number of ether oxygens (including phenoxy) is 2. The van der Waals surface area contributed by atoms with Crippen molar-refractivity contribution in [3.63, 3.8) is 0 Å². The largest absolute Gasteiger partial charge is 0.454 e. The zero-order chi connectivity index (χ0) is 21.2. The first kappa shape index (κ1) is 21.5. The van der Waals surface area contributed by atoms with Crippen molar-refractivity contribution in [1.29, 1.82) is 5.26 Å². The van der Waals surface area contributed by atoms with Crippen molar-refractivity contribution in [3.8, 4) is 17.6 Å². The minimum atomic E-state index is -1.08. The van der Waals surface area contributed by atoms with Gasteiger partial charge in [-0.3, -0.25) is 4.79 Å². The zero-order valence-electron chi connectivity index (χ0n) is 15.7. The number of para-hydroxylation sites is 1. The summed E-state index contributed by atoms with van der Waals surface area (Å²) in [6, 6.07) is 14.6. The van der Waals surface area contributed by atoms with Crippen LogP contribution in [-0.4, -0.2) is 5.97 Å². The second-order valence-corrected chi connectivity index (χ2v) is 10.1. The molecule has 1 aliphatic carbocycles. The molecule has 0 aromatic heterocycles. The molecule has 2 aromatic carbocycles. The topological polar surface area (TPSA) is 59.3 Å². The van der Waals surface area contributed by atoms with Crippen molar-refractivity contribution in [2.75, 3.05) is 0 Å². The Morgan fingerprint density at radius 1 is 1.24 bits per heavy atom. The zero-order valence-corrected chi connectivity index (χ0v) is 18.9. The lowest BCUT2D eigenvalue weighted by Crippen LogP contribution is -2.14. The van der Waals surface area contributed by atoms with Gasteiger partial charge in [-0.1, -0.05) is 44.2 Å². The van der Waals surface area contributed by atoms with E-state index in [9.17, 15) is 14.4 Å². The molecule has 29 heavy (non-hydrogen) atoms. The summed E-state index contributed by atoms with van der Waals surface area (Å²) in [4.78, 5) is 12.7. The van der Waals surface area contributed by atoms with Gasteiger partial charge in [0.05, 0.1) is 9.31 Å². The van der Waals surface area contributed by atoms with Crippen LogP contribution in [0.15, 0.2) is 58.0 Å². The Balaban J connectivity index is 1.74. The predicted octanol–water partition coefficient (Wildman–Crippen LogP) is 6.63. The smallest absolute Gasteiger partial charge is 0.311 e. The number of carbonyl (C=O) groups excluding carboxylic acids is 1. The van der Waals surface area contributed by atoms with Gasteiger partial charge < -0.3 is 9.47 Å². The average molecular weight is 523 g/mol. The lowest BCUT2D eigenvalue weighted by Gasteiger charge is -2.14. The van der Waals surface area contributed by atoms with E-state index >= 15 is 0 Å². The van der Waals surface area contributed by atoms with Crippen molar-refractivity contribution in [2.45, 2.75) is 20.0 Å². The third kappa shape index (κ3) is 4.88. The fourth-order valence-electron chi connectivity index (χ4n) is 3.33. The van der Waals surface area contributed by atoms with Gasteiger partial charge in [0.2, 0.25) is 6.10 Å². The molecule has 0 amide bonds. The standard InChI is InChI=1S/C22H18Br2FNO3/c1-22(2)15(11-19(23)24)20(22)21(27)29-18(12-26)13-6-5-7-14(10-13)28-17-9-4-3-8-16(17)25/h3-11,15,18,20H,1-2H3/t15-,18?,20-/m0/s1. The summed E-state index contributed by atoms with van der Waals surface area (Å²) in [5.74, 6) is -0.816. The number of rotatable bonds is 6. The molecule has 1 saturated carbocycles. The monoisotopic (exact) mass is 521 g/mol. The van der Waals surface area contributed by atoms with Gasteiger partial charge in [-0.2, -0.15) is 5.26 Å². The Morgan fingerprint density at radius 2 is 1.97 bits per heavy atom. The van der Waals surface area contributed by atoms with Crippen LogP contribution in [0.3, 0.4) is 0 Å². The van der Waals surface area contributed by atoms with E-state index in [1.54, 1.807) is 36.4 Å². The number of nitrogens with zero attached hydrogens (tertiary/aromatic N) is 1. The van der Waals surface area contributed by atoms with E-state index in [0.717, 1.165) is 3.39 Å². The maximum atomic E-state index is 13.8. The van der Waals surface area contributed by atoms with Crippen LogP contribution in [0.1, 0.15) is 25.5 Å². The molecule has 1 aliphatic rings. The quantitative estimate of drug-likeness (QED) is 0.399. The number of hydrogen-bond donors (Lipinski definition) is 0. The highest BCUT2D eigenvalue weighted by atomic mass is 79.9. The first-order valence-corrected chi connectivity index (χ1v) is 10.5. The van der Waals surface area contributed by atoms with Crippen LogP contribution >= 0.6 is 31.9 Å². The first-order valence-electron chi connectivity index (χ1n) is 8.89. The number of nitriles is 1. The van der Waals surface area contributed by atoms with Crippen molar-refractivity contribution >= 4 is 37.8 Å². The van der Waals surface area contributed by atoms with E-state index < -0.39 is 17.9 Å².